The molecule has 12 heavy (non-hydrogen) atoms. The summed E-state index contributed by atoms with van der Waals surface area (Å²) in [5.41, 5.74) is 3.56. The molecule has 2 nitrogen and oxygen atoms in total. The first kappa shape index (κ1) is 9.64. The minimum atomic E-state index is -0.479. The predicted octanol–water partition coefficient (Wildman–Crippen LogP) is 2.40. The Morgan fingerprint density at radius 2 is 2.25 bits per heavy atom. The van der Waals surface area contributed by atoms with Crippen LogP contribution in [0.25, 0.3) is 0 Å². The summed E-state index contributed by atoms with van der Waals surface area (Å²) in [6, 6.07) is 5.23. The zero-order chi connectivity index (χ0) is 8.97. The minimum absolute atomic E-state index is 0.366. The van der Waals surface area contributed by atoms with Crippen LogP contribution in [0.15, 0.2) is 22.7 Å². The molecule has 0 saturated carbocycles. The van der Waals surface area contributed by atoms with E-state index in [4.69, 9.17) is 5.21 Å². The fourth-order valence-electron chi connectivity index (χ4n) is 0.900. The van der Waals surface area contributed by atoms with Gasteiger partial charge in [0.25, 0.3) is 0 Å². The van der Waals surface area contributed by atoms with Gasteiger partial charge in [-0.05, 0) is 17.2 Å². The smallest absolute Gasteiger partial charge is 0.116 e. The van der Waals surface area contributed by atoms with Crippen molar-refractivity contribution >= 4 is 15.9 Å². The van der Waals surface area contributed by atoms with Crippen molar-refractivity contribution in [3.05, 3.63) is 33.8 Å². The van der Waals surface area contributed by atoms with Gasteiger partial charge in [0.15, 0.2) is 0 Å². The Balaban J connectivity index is 2.86. The quantitative estimate of drug-likeness (QED) is 0.787. The molecule has 1 aromatic rings. The second-order valence-corrected chi connectivity index (χ2v) is 3.25. The number of hydrogen-bond acceptors (Lipinski definition) is 2. The van der Waals surface area contributed by atoms with E-state index in [1.807, 2.05) is 5.48 Å². The molecule has 66 valence electrons. The summed E-state index contributed by atoms with van der Waals surface area (Å²) in [6.45, 7) is -0.113. The molecule has 0 aliphatic carbocycles. The van der Waals surface area contributed by atoms with Gasteiger partial charge < -0.3 is 5.21 Å². The summed E-state index contributed by atoms with van der Waals surface area (Å²) < 4.78 is 12.9. The van der Waals surface area contributed by atoms with Crippen LogP contribution in [0.5, 0.6) is 0 Å². The first-order valence-electron chi connectivity index (χ1n) is 3.48. The first-order valence-corrected chi connectivity index (χ1v) is 4.27. The SMILES string of the molecule is ONCc1ccc(CF)c(Br)c1. The van der Waals surface area contributed by atoms with Crippen LogP contribution in [-0.2, 0) is 13.2 Å². The Morgan fingerprint density at radius 1 is 1.50 bits per heavy atom. The molecule has 2 N–H and O–H groups in total. The average Bonchev–Trinajstić information content (AvgIpc) is 2.05. The van der Waals surface area contributed by atoms with Crippen LogP contribution in [-0.4, -0.2) is 5.21 Å². The lowest BCUT2D eigenvalue weighted by molar-refractivity contribution is 0.161. The molecular weight excluding hydrogens is 225 g/mol. The monoisotopic (exact) mass is 233 g/mol. The van der Waals surface area contributed by atoms with Crippen molar-refractivity contribution in [1.29, 1.82) is 0 Å². The van der Waals surface area contributed by atoms with E-state index in [9.17, 15) is 4.39 Å². The fourth-order valence-corrected chi connectivity index (χ4v) is 1.43. The predicted molar refractivity (Wildman–Crippen MR) is 47.6 cm³/mol. The van der Waals surface area contributed by atoms with Gasteiger partial charge in [0.05, 0.1) is 0 Å². The van der Waals surface area contributed by atoms with Gasteiger partial charge in [0.1, 0.15) is 6.67 Å². The number of nitrogens with one attached hydrogen (secondary N) is 1. The van der Waals surface area contributed by atoms with Crippen LogP contribution in [0.2, 0.25) is 0 Å². The lowest BCUT2D eigenvalue weighted by Crippen LogP contribution is -2.05. The van der Waals surface area contributed by atoms with Crippen molar-refractivity contribution in [3.63, 3.8) is 0 Å². The molecular formula is C8H9BrFNO. The van der Waals surface area contributed by atoms with Crippen LogP contribution in [0.3, 0.4) is 0 Å². The molecule has 0 bridgehead atoms. The van der Waals surface area contributed by atoms with Crippen molar-refractivity contribution in [2.24, 2.45) is 0 Å². The Hall–Kier alpha value is -0.450. The molecule has 1 rings (SSSR count). The van der Waals surface area contributed by atoms with Crippen LogP contribution in [0.1, 0.15) is 11.1 Å². The Kier molecular flexibility index (Phi) is 3.65. The van der Waals surface area contributed by atoms with Crippen LogP contribution in [0.4, 0.5) is 4.39 Å². The Morgan fingerprint density at radius 3 is 2.75 bits per heavy atom. The molecule has 0 radical (unpaired) electrons. The van der Waals surface area contributed by atoms with Crippen LogP contribution >= 0.6 is 15.9 Å². The van der Waals surface area contributed by atoms with E-state index in [1.165, 1.54) is 0 Å². The molecule has 0 heterocycles. The van der Waals surface area contributed by atoms with Crippen molar-refractivity contribution in [2.45, 2.75) is 13.2 Å². The summed E-state index contributed by atoms with van der Waals surface area (Å²) in [6.07, 6.45) is 0. The minimum Gasteiger partial charge on any atom is -0.316 e. The van der Waals surface area contributed by atoms with E-state index >= 15 is 0 Å². The molecule has 4 heteroatoms. The molecule has 0 fully saturated rings. The highest BCUT2D eigenvalue weighted by Gasteiger charge is 1.99. The maximum atomic E-state index is 12.2. The topological polar surface area (TPSA) is 32.3 Å². The Bertz CT molecular complexity index is 267. The number of halogens is 2. The maximum absolute atomic E-state index is 12.2. The van der Waals surface area contributed by atoms with Crippen molar-refractivity contribution in [3.8, 4) is 0 Å². The number of benzene rings is 1. The van der Waals surface area contributed by atoms with E-state index in [0.717, 1.165) is 10.0 Å². The summed E-state index contributed by atoms with van der Waals surface area (Å²) >= 11 is 3.23. The van der Waals surface area contributed by atoms with Gasteiger partial charge in [-0.1, -0.05) is 28.1 Å². The molecule has 0 aliphatic heterocycles. The van der Waals surface area contributed by atoms with E-state index in [2.05, 4.69) is 15.9 Å². The van der Waals surface area contributed by atoms with E-state index in [1.54, 1.807) is 18.2 Å². The summed E-state index contributed by atoms with van der Waals surface area (Å²) in [4.78, 5) is 0. The van der Waals surface area contributed by atoms with Crippen LogP contribution < -0.4 is 5.48 Å². The van der Waals surface area contributed by atoms with Crippen molar-refractivity contribution in [1.82, 2.24) is 5.48 Å². The lowest BCUT2D eigenvalue weighted by atomic mass is 10.1. The third-order valence-corrected chi connectivity index (χ3v) is 2.28. The number of hydrogen-bond donors (Lipinski definition) is 2. The maximum Gasteiger partial charge on any atom is 0.116 e. The molecule has 0 aliphatic rings. The highest BCUT2D eigenvalue weighted by Crippen LogP contribution is 2.19. The highest BCUT2D eigenvalue weighted by atomic mass is 79.9. The Labute approximate surface area is 78.5 Å². The number of rotatable bonds is 3. The van der Waals surface area contributed by atoms with Crippen molar-refractivity contribution < 1.29 is 9.60 Å². The molecule has 1 aromatic carbocycles. The van der Waals surface area contributed by atoms with Gasteiger partial charge in [0, 0.05) is 11.0 Å². The second kappa shape index (κ2) is 4.54. The van der Waals surface area contributed by atoms with Gasteiger partial charge in [-0.25, -0.2) is 9.87 Å². The third kappa shape index (κ3) is 2.27. The van der Waals surface area contributed by atoms with E-state index in [-0.39, 0.29) is 0 Å². The van der Waals surface area contributed by atoms with Gasteiger partial charge in [-0.15, -0.1) is 0 Å². The molecule has 0 saturated heterocycles. The van der Waals surface area contributed by atoms with Gasteiger partial charge in [-0.2, -0.15) is 0 Å². The lowest BCUT2D eigenvalue weighted by Gasteiger charge is -2.02. The first-order chi connectivity index (χ1) is 5.77. The zero-order valence-electron chi connectivity index (χ0n) is 6.35. The molecule has 0 spiro atoms. The number of hydroxylamine groups is 1. The molecule has 0 unspecified atom stereocenters. The third-order valence-electron chi connectivity index (χ3n) is 1.54. The zero-order valence-corrected chi connectivity index (χ0v) is 7.94. The van der Waals surface area contributed by atoms with Gasteiger partial charge in [-0.3, -0.25) is 0 Å². The normalized spacial score (nSPS) is 10.2. The largest absolute Gasteiger partial charge is 0.316 e. The molecule has 0 amide bonds. The molecule has 0 aromatic heterocycles. The number of alkyl halides is 1. The van der Waals surface area contributed by atoms with Gasteiger partial charge in [0.2, 0.25) is 0 Å². The summed E-state index contributed by atoms with van der Waals surface area (Å²) in [5.74, 6) is 0. The van der Waals surface area contributed by atoms with Gasteiger partial charge >= 0.3 is 0 Å². The second-order valence-electron chi connectivity index (χ2n) is 2.39. The fraction of sp³-hybridized carbons (Fsp3) is 0.250. The molecule has 0 atom stereocenters. The van der Waals surface area contributed by atoms with E-state index in [0.29, 0.717) is 12.1 Å². The summed E-state index contributed by atoms with van der Waals surface area (Å²) in [7, 11) is 0. The average molecular weight is 234 g/mol. The van der Waals surface area contributed by atoms with E-state index < -0.39 is 6.67 Å². The summed E-state index contributed by atoms with van der Waals surface area (Å²) in [5, 5.41) is 8.40. The highest BCUT2D eigenvalue weighted by molar-refractivity contribution is 9.10. The van der Waals surface area contributed by atoms with Crippen LogP contribution in [0, 0.1) is 0 Å². The van der Waals surface area contributed by atoms with Crippen molar-refractivity contribution in [2.75, 3.05) is 0 Å². The standard InChI is InChI=1S/C8H9BrFNO/c9-8-3-6(5-11-12)1-2-7(8)4-10/h1-3,11-12H,4-5H2.